The van der Waals surface area contributed by atoms with E-state index in [-0.39, 0.29) is 18.1 Å². The van der Waals surface area contributed by atoms with Gasteiger partial charge < -0.3 is 9.42 Å². The van der Waals surface area contributed by atoms with Crippen molar-refractivity contribution in [3.63, 3.8) is 0 Å². The highest BCUT2D eigenvalue weighted by atomic mass is 19.1. The van der Waals surface area contributed by atoms with Crippen LogP contribution in [0.15, 0.2) is 34.9 Å². The Morgan fingerprint density at radius 1 is 1.38 bits per heavy atom. The van der Waals surface area contributed by atoms with Crippen LogP contribution < -0.4 is 0 Å². The standard InChI is InChI=1S/C19H23FN2O2/c1-14-11-18(24-21-14)12-19(23)22-10-2-3-16(13-22)5-4-15-6-8-17(20)9-7-15/h6-9,11,16H,2-5,10,12-13H2,1H3/t16-/m1/s1. The summed E-state index contributed by atoms with van der Waals surface area (Å²) >= 11 is 0. The Kier molecular flexibility index (Phi) is 5.28. The van der Waals surface area contributed by atoms with Crippen LogP contribution in [0.5, 0.6) is 0 Å². The Morgan fingerprint density at radius 2 is 2.17 bits per heavy atom. The first-order valence-electron chi connectivity index (χ1n) is 8.54. The number of hydrogen-bond donors (Lipinski definition) is 0. The average molecular weight is 330 g/mol. The van der Waals surface area contributed by atoms with E-state index < -0.39 is 0 Å². The molecular formula is C19H23FN2O2. The molecule has 1 aliphatic rings. The van der Waals surface area contributed by atoms with Gasteiger partial charge in [-0.15, -0.1) is 0 Å². The molecule has 1 atom stereocenters. The zero-order valence-electron chi connectivity index (χ0n) is 14.0. The molecule has 1 fully saturated rings. The molecule has 1 saturated heterocycles. The molecule has 128 valence electrons. The minimum Gasteiger partial charge on any atom is -0.361 e. The number of amides is 1. The average Bonchev–Trinajstić information content (AvgIpc) is 2.99. The van der Waals surface area contributed by atoms with Gasteiger partial charge in [-0.05, 0) is 56.2 Å². The number of nitrogens with zero attached hydrogens (tertiary/aromatic N) is 2. The van der Waals surface area contributed by atoms with Crippen LogP contribution in [0.3, 0.4) is 0 Å². The SMILES string of the molecule is Cc1cc(CC(=O)N2CCC[C@H](CCc3ccc(F)cc3)C2)on1. The molecule has 0 bridgehead atoms. The van der Waals surface area contributed by atoms with Gasteiger partial charge in [0.2, 0.25) is 5.91 Å². The molecule has 1 aliphatic heterocycles. The summed E-state index contributed by atoms with van der Waals surface area (Å²) in [5.74, 6) is 1.05. The first-order valence-corrected chi connectivity index (χ1v) is 8.54. The lowest BCUT2D eigenvalue weighted by Gasteiger charge is -2.32. The third-order valence-electron chi connectivity index (χ3n) is 4.63. The summed E-state index contributed by atoms with van der Waals surface area (Å²) in [7, 11) is 0. The van der Waals surface area contributed by atoms with Crippen LogP contribution in [0.1, 0.15) is 36.3 Å². The summed E-state index contributed by atoms with van der Waals surface area (Å²) in [5.41, 5.74) is 1.95. The smallest absolute Gasteiger partial charge is 0.230 e. The Hall–Kier alpha value is -2.17. The molecule has 0 N–H and O–H groups in total. The molecule has 4 nitrogen and oxygen atoms in total. The fourth-order valence-electron chi connectivity index (χ4n) is 3.31. The van der Waals surface area contributed by atoms with E-state index in [1.165, 1.54) is 12.1 Å². The van der Waals surface area contributed by atoms with Crippen molar-refractivity contribution in [3.05, 3.63) is 53.2 Å². The zero-order valence-corrected chi connectivity index (χ0v) is 14.0. The number of rotatable bonds is 5. The second-order valence-corrected chi connectivity index (χ2v) is 6.62. The van der Waals surface area contributed by atoms with Crippen molar-refractivity contribution in [2.24, 2.45) is 5.92 Å². The molecule has 2 aromatic rings. The Labute approximate surface area is 141 Å². The number of aryl methyl sites for hydroxylation is 2. The van der Waals surface area contributed by atoms with Gasteiger partial charge in [0.25, 0.3) is 0 Å². The lowest BCUT2D eigenvalue weighted by Crippen LogP contribution is -2.40. The summed E-state index contributed by atoms with van der Waals surface area (Å²) in [5, 5.41) is 3.83. The van der Waals surface area contributed by atoms with Crippen LogP contribution in [0.25, 0.3) is 0 Å². The van der Waals surface area contributed by atoms with E-state index in [0.717, 1.165) is 50.0 Å². The highest BCUT2D eigenvalue weighted by Crippen LogP contribution is 2.22. The molecule has 0 radical (unpaired) electrons. The normalized spacial score (nSPS) is 17.9. The van der Waals surface area contributed by atoms with Gasteiger partial charge in [0.1, 0.15) is 11.6 Å². The quantitative estimate of drug-likeness (QED) is 0.842. The number of halogens is 1. The van der Waals surface area contributed by atoms with E-state index in [0.29, 0.717) is 11.7 Å². The number of aromatic nitrogens is 1. The maximum Gasteiger partial charge on any atom is 0.230 e. The van der Waals surface area contributed by atoms with Crippen LogP contribution in [0, 0.1) is 18.7 Å². The van der Waals surface area contributed by atoms with Crippen molar-refractivity contribution in [1.29, 1.82) is 0 Å². The number of carbonyl (C=O) groups is 1. The van der Waals surface area contributed by atoms with Crippen molar-refractivity contribution in [3.8, 4) is 0 Å². The van der Waals surface area contributed by atoms with E-state index in [9.17, 15) is 9.18 Å². The van der Waals surface area contributed by atoms with Crippen molar-refractivity contribution >= 4 is 5.91 Å². The van der Waals surface area contributed by atoms with Gasteiger partial charge in [0, 0.05) is 19.2 Å². The maximum atomic E-state index is 12.9. The van der Waals surface area contributed by atoms with E-state index in [1.54, 1.807) is 0 Å². The third-order valence-corrected chi connectivity index (χ3v) is 4.63. The molecule has 1 amide bonds. The van der Waals surface area contributed by atoms with Gasteiger partial charge in [0.15, 0.2) is 0 Å². The van der Waals surface area contributed by atoms with Gasteiger partial charge in [-0.25, -0.2) is 4.39 Å². The molecular weight excluding hydrogens is 307 g/mol. The predicted octanol–water partition coefficient (Wildman–Crippen LogP) is 3.54. The van der Waals surface area contributed by atoms with E-state index in [2.05, 4.69) is 5.16 Å². The first-order chi connectivity index (χ1) is 11.6. The number of benzene rings is 1. The molecule has 1 aromatic heterocycles. The molecule has 0 saturated carbocycles. The molecule has 0 spiro atoms. The van der Waals surface area contributed by atoms with Crippen molar-refractivity contribution in [2.45, 2.75) is 39.0 Å². The van der Waals surface area contributed by atoms with Gasteiger partial charge in [-0.3, -0.25) is 4.79 Å². The summed E-state index contributed by atoms with van der Waals surface area (Å²) in [6.07, 6.45) is 4.41. The third kappa shape index (κ3) is 4.43. The number of carbonyl (C=O) groups excluding carboxylic acids is 1. The molecule has 0 unspecified atom stereocenters. The Morgan fingerprint density at radius 3 is 2.88 bits per heavy atom. The number of hydrogen-bond acceptors (Lipinski definition) is 3. The first kappa shape index (κ1) is 16.7. The minimum atomic E-state index is -0.198. The Bertz CT molecular complexity index is 681. The fraction of sp³-hybridized carbons (Fsp3) is 0.474. The van der Waals surface area contributed by atoms with E-state index in [4.69, 9.17) is 4.52 Å². The maximum absolute atomic E-state index is 12.9. The zero-order chi connectivity index (χ0) is 16.9. The van der Waals surface area contributed by atoms with Gasteiger partial charge in [-0.2, -0.15) is 0 Å². The number of likely N-dealkylation sites (tertiary alicyclic amines) is 1. The lowest BCUT2D eigenvalue weighted by atomic mass is 9.91. The van der Waals surface area contributed by atoms with Gasteiger partial charge in [0.05, 0.1) is 12.1 Å². The van der Waals surface area contributed by atoms with Crippen molar-refractivity contribution in [1.82, 2.24) is 10.1 Å². The second kappa shape index (κ2) is 7.60. The van der Waals surface area contributed by atoms with Gasteiger partial charge >= 0.3 is 0 Å². The highest BCUT2D eigenvalue weighted by Gasteiger charge is 2.24. The summed E-state index contributed by atoms with van der Waals surface area (Å²) in [6, 6.07) is 8.51. The molecule has 5 heteroatoms. The fourth-order valence-corrected chi connectivity index (χ4v) is 3.31. The van der Waals surface area contributed by atoms with Crippen LogP contribution in [-0.2, 0) is 17.6 Å². The monoisotopic (exact) mass is 330 g/mol. The molecule has 2 heterocycles. The molecule has 3 rings (SSSR count). The van der Waals surface area contributed by atoms with E-state index in [1.807, 2.05) is 30.0 Å². The minimum absolute atomic E-state index is 0.109. The predicted molar refractivity (Wildman–Crippen MR) is 89.0 cm³/mol. The topological polar surface area (TPSA) is 46.3 Å². The summed E-state index contributed by atoms with van der Waals surface area (Å²) in [6.45, 7) is 3.47. The lowest BCUT2D eigenvalue weighted by molar-refractivity contribution is -0.132. The molecule has 24 heavy (non-hydrogen) atoms. The molecule has 0 aliphatic carbocycles. The van der Waals surface area contributed by atoms with Crippen LogP contribution in [0.2, 0.25) is 0 Å². The highest BCUT2D eigenvalue weighted by molar-refractivity contribution is 5.78. The largest absolute Gasteiger partial charge is 0.361 e. The van der Waals surface area contributed by atoms with Crippen molar-refractivity contribution in [2.75, 3.05) is 13.1 Å². The van der Waals surface area contributed by atoms with Crippen LogP contribution in [0.4, 0.5) is 4.39 Å². The Balaban J connectivity index is 1.50. The van der Waals surface area contributed by atoms with Crippen molar-refractivity contribution < 1.29 is 13.7 Å². The second-order valence-electron chi connectivity index (χ2n) is 6.62. The summed E-state index contributed by atoms with van der Waals surface area (Å²) in [4.78, 5) is 14.4. The van der Waals surface area contributed by atoms with Crippen LogP contribution >= 0.6 is 0 Å². The van der Waals surface area contributed by atoms with E-state index >= 15 is 0 Å². The summed E-state index contributed by atoms with van der Waals surface area (Å²) < 4.78 is 18.1. The molecule has 1 aromatic carbocycles. The van der Waals surface area contributed by atoms with Crippen LogP contribution in [-0.4, -0.2) is 29.1 Å². The number of piperidine rings is 1. The van der Waals surface area contributed by atoms with Gasteiger partial charge in [-0.1, -0.05) is 17.3 Å².